The fourth-order valence-electron chi connectivity index (χ4n) is 4.12. The van der Waals surface area contributed by atoms with E-state index in [4.69, 9.17) is 5.10 Å². The third-order valence-corrected chi connectivity index (χ3v) is 5.40. The summed E-state index contributed by atoms with van der Waals surface area (Å²) < 4.78 is 2.03. The zero-order valence-electron chi connectivity index (χ0n) is 14.6. The second kappa shape index (κ2) is 5.41. The van der Waals surface area contributed by atoms with Crippen LogP contribution in [0.5, 0.6) is 0 Å². The number of hydrogen-bond acceptors (Lipinski definition) is 4. The smallest absolute Gasteiger partial charge is 0.128 e. The molecular formula is C20H21N5. The molecule has 5 heteroatoms. The third kappa shape index (κ3) is 2.26. The molecule has 0 unspecified atom stereocenters. The molecule has 1 aliphatic carbocycles. The quantitative estimate of drug-likeness (QED) is 0.724. The van der Waals surface area contributed by atoms with Crippen LogP contribution in [0.25, 0.3) is 11.4 Å². The molecule has 5 nitrogen and oxygen atoms in total. The summed E-state index contributed by atoms with van der Waals surface area (Å²) in [5.74, 6) is 1.57. The van der Waals surface area contributed by atoms with Crippen LogP contribution in [0.15, 0.2) is 36.5 Å². The van der Waals surface area contributed by atoms with E-state index in [0.29, 0.717) is 5.92 Å². The maximum Gasteiger partial charge on any atom is 0.128 e. The van der Waals surface area contributed by atoms with Crippen molar-refractivity contribution in [3.8, 4) is 11.4 Å². The molecule has 0 aromatic carbocycles. The Labute approximate surface area is 147 Å². The zero-order chi connectivity index (χ0) is 17.0. The van der Waals surface area contributed by atoms with E-state index in [0.717, 1.165) is 43.1 Å². The highest BCUT2D eigenvalue weighted by molar-refractivity contribution is 5.67. The number of rotatable bonds is 2. The molecule has 0 saturated carbocycles. The lowest BCUT2D eigenvalue weighted by atomic mass is 9.86. The summed E-state index contributed by atoms with van der Waals surface area (Å²) in [5.41, 5.74) is 7.39. The number of nitrogens with zero attached hydrogens (tertiary/aromatic N) is 5. The highest BCUT2D eigenvalue weighted by Gasteiger charge is 2.35. The molecule has 1 saturated heterocycles. The number of aryl methyl sites for hydroxylation is 3. The van der Waals surface area contributed by atoms with E-state index in [1.54, 1.807) is 0 Å². The molecule has 4 heterocycles. The maximum atomic E-state index is 4.89. The van der Waals surface area contributed by atoms with E-state index < -0.39 is 0 Å². The van der Waals surface area contributed by atoms with Gasteiger partial charge in [0.15, 0.2) is 0 Å². The Morgan fingerprint density at radius 3 is 2.80 bits per heavy atom. The van der Waals surface area contributed by atoms with Gasteiger partial charge in [-0.2, -0.15) is 5.10 Å². The second-order valence-corrected chi connectivity index (χ2v) is 7.09. The van der Waals surface area contributed by atoms with Gasteiger partial charge in [0.1, 0.15) is 5.82 Å². The van der Waals surface area contributed by atoms with Crippen LogP contribution in [-0.2, 0) is 19.9 Å². The van der Waals surface area contributed by atoms with Gasteiger partial charge >= 0.3 is 0 Å². The molecule has 0 amide bonds. The zero-order valence-corrected chi connectivity index (χ0v) is 14.6. The second-order valence-electron chi connectivity index (χ2n) is 7.09. The van der Waals surface area contributed by atoms with Gasteiger partial charge in [-0.25, -0.2) is 4.98 Å². The molecule has 1 aliphatic heterocycles. The molecule has 2 aliphatic rings. The molecule has 0 radical (unpaired) electrons. The standard InChI is InChI=1S/C20H21N5/c1-13-5-3-7-17(22-13)25-11-15(12-25)18-16-9-8-14-6-4-10-21-19(14)20(16)24(2)23-18/h3-7,10,15H,8-9,11-12H2,1-2H3. The first-order valence-electron chi connectivity index (χ1n) is 8.89. The number of fused-ring (bicyclic) bond motifs is 3. The first-order chi connectivity index (χ1) is 12.2. The first-order valence-corrected chi connectivity index (χ1v) is 8.89. The predicted octanol–water partition coefficient (Wildman–Crippen LogP) is 2.89. The van der Waals surface area contributed by atoms with Gasteiger partial charge in [-0.05, 0) is 43.5 Å². The molecular weight excluding hydrogens is 310 g/mol. The monoisotopic (exact) mass is 331 g/mol. The number of pyridine rings is 2. The first kappa shape index (κ1) is 14.6. The molecule has 3 aromatic heterocycles. The Hall–Kier alpha value is -2.69. The Balaban J connectivity index is 1.45. The third-order valence-electron chi connectivity index (χ3n) is 5.40. The number of hydrogen-bond donors (Lipinski definition) is 0. The van der Waals surface area contributed by atoms with Crippen LogP contribution >= 0.6 is 0 Å². The van der Waals surface area contributed by atoms with Crippen molar-refractivity contribution in [2.45, 2.75) is 25.7 Å². The van der Waals surface area contributed by atoms with Crippen LogP contribution < -0.4 is 4.90 Å². The van der Waals surface area contributed by atoms with Gasteiger partial charge in [0.05, 0.1) is 17.1 Å². The molecule has 126 valence electrons. The lowest BCUT2D eigenvalue weighted by Gasteiger charge is -2.40. The van der Waals surface area contributed by atoms with Crippen molar-refractivity contribution in [3.63, 3.8) is 0 Å². The van der Waals surface area contributed by atoms with E-state index in [9.17, 15) is 0 Å². The molecule has 0 atom stereocenters. The topological polar surface area (TPSA) is 46.8 Å². The van der Waals surface area contributed by atoms with E-state index in [1.807, 2.05) is 37.0 Å². The number of anilines is 1. The van der Waals surface area contributed by atoms with Crippen molar-refractivity contribution >= 4 is 5.82 Å². The van der Waals surface area contributed by atoms with Crippen molar-refractivity contribution in [2.75, 3.05) is 18.0 Å². The van der Waals surface area contributed by atoms with E-state index in [1.165, 1.54) is 22.5 Å². The summed E-state index contributed by atoms with van der Waals surface area (Å²) in [5, 5.41) is 4.89. The molecule has 0 spiro atoms. The summed E-state index contributed by atoms with van der Waals surface area (Å²) in [6.45, 7) is 4.03. The summed E-state index contributed by atoms with van der Waals surface area (Å²) >= 11 is 0. The molecule has 25 heavy (non-hydrogen) atoms. The van der Waals surface area contributed by atoms with Gasteiger partial charge in [-0.3, -0.25) is 9.67 Å². The highest BCUT2D eigenvalue weighted by Crippen LogP contribution is 2.39. The number of aromatic nitrogens is 4. The van der Waals surface area contributed by atoms with Gasteiger partial charge in [0.25, 0.3) is 0 Å². The summed E-state index contributed by atoms with van der Waals surface area (Å²) in [6.07, 6.45) is 4.01. The molecule has 3 aromatic rings. The van der Waals surface area contributed by atoms with Crippen LogP contribution in [0.2, 0.25) is 0 Å². The summed E-state index contributed by atoms with van der Waals surface area (Å²) in [7, 11) is 2.05. The lowest BCUT2D eigenvalue weighted by Crippen LogP contribution is -2.46. The van der Waals surface area contributed by atoms with Crippen LogP contribution in [0.4, 0.5) is 5.82 Å². The largest absolute Gasteiger partial charge is 0.355 e. The average Bonchev–Trinajstić information content (AvgIpc) is 2.91. The van der Waals surface area contributed by atoms with Crippen LogP contribution in [0, 0.1) is 6.92 Å². The van der Waals surface area contributed by atoms with Crippen LogP contribution in [0.3, 0.4) is 0 Å². The van der Waals surface area contributed by atoms with Crippen molar-refractivity contribution in [1.29, 1.82) is 0 Å². The van der Waals surface area contributed by atoms with E-state index in [2.05, 4.69) is 33.1 Å². The van der Waals surface area contributed by atoms with E-state index in [-0.39, 0.29) is 0 Å². The van der Waals surface area contributed by atoms with Gasteiger partial charge in [-0.15, -0.1) is 0 Å². The normalized spacial score (nSPS) is 16.3. The minimum absolute atomic E-state index is 0.488. The predicted molar refractivity (Wildman–Crippen MR) is 97.8 cm³/mol. The van der Waals surface area contributed by atoms with Crippen molar-refractivity contribution in [3.05, 3.63) is 59.0 Å². The van der Waals surface area contributed by atoms with Gasteiger partial charge in [-0.1, -0.05) is 12.1 Å². The lowest BCUT2D eigenvalue weighted by molar-refractivity contribution is 0.499. The summed E-state index contributed by atoms with van der Waals surface area (Å²) in [6, 6.07) is 10.4. The fourth-order valence-corrected chi connectivity index (χ4v) is 4.12. The molecule has 0 bridgehead atoms. The SMILES string of the molecule is Cc1cccc(N2CC(c3nn(C)c4c3CCc3cccnc3-4)C2)n1. The Morgan fingerprint density at radius 2 is 1.96 bits per heavy atom. The molecule has 5 rings (SSSR count). The Bertz CT molecular complexity index is 952. The minimum atomic E-state index is 0.488. The van der Waals surface area contributed by atoms with Crippen LogP contribution in [0.1, 0.15) is 28.4 Å². The minimum Gasteiger partial charge on any atom is -0.355 e. The molecule has 1 fully saturated rings. The van der Waals surface area contributed by atoms with E-state index >= 15 is 0 Å². The Morgan fingerprint density at radius 1 is 1.08 bits per heavy atom. The highest BCUT2D eigenvalue weighted by atomic mass is 15.3. The van der Waals surface area contributed by atoms with Crippen molar-refractivity contribution < 1.29 is 0 Å². The van der Waals surface area contributed by atoms with Crippen LogP contribution in [-0.4, -0.2) is 32.8 Å². The summed E-state index contributed by atoms with van der Waals surface area (Å²) in [4.78, 5) is 11.6. The fraction of sp³-hybridized carbons (Fsp3) is 0.350. The van der Waals surface area contributed by atoms with Gasteiger partial charge < -0.3 is 4.90 Å². The average molecular weight is 331 g/mol. The maximum absolute atomic E-state index is 4.89. The molecule has 0 N–H and O–H groups in total. The van der Waals surface area contributed by atoms with Crippen molar-refractivity contribution in [1.82, 2.24) is 19.7 Å². The van der Waals surface area contributed by atoms with Crippen molar-refractivity contribution in [2.24, 2.45) is 7.05 Å². The van der Waals surface area contributed by atoms with Gasteiger partial charge in [0.2, 0.25) is 0 Å². The Kier molecular flexibility index (Phi) is 3.17. The van der Waals surface area contributed by atoms with Gasteiger partial charge in [0, 0.05) is 43.5 Å².